The van der Waals surface area contributed by atoms with Crippen LogP contribution in [0.4, 0.5) is 0 Å². The van der Waals surface area contributed by atoms with E-state index in [4.69, 9.17) is 5.21 Å². The molecular formula is C21H34N2O4S. The maximum absolute atomic E-state index is 12.9. The van der Waals surface area contributed by atoms with Gasteiger partial charge in [-0.25, -0.2) is 18.2 Å². The van der Waals surface area contributed by atoms with Crippen molar-refractivity contribution < 1.29 is 18.4 Å². The van der Waals surface area contributed by atoms with E-state index >= 15 is 0 Å². The highest BCUT2D eigenvalue weighted by Gasteiger charge is 2.46. The second-order valence-electron chi connectivity index (χ2n) is 8.38. The zero-order valence-electron chi connectivity index (χ0n) is 18.1. The van der Waals surface area contributed by atoms with Crippen LogP contribution in [0.5, 0.6) is 0 Å². The van der Waals surface area contributed by atoms with Crippen LogP contribution < -0.4 is 5.48 Å². The number of hydrogen-bond donors (Lipinski definition) is 2. The Bertz CT molecular complexity index is 838. The SMILES string of the molecule is CCc1c(C)c(C)c(C2CCN(S(=O)(=O)C(C)(C)C(=O)NO)CC2)c(C)c1C. The molecule has 0 aromatic heterocycles. The average Bonchev–Trinajstić information content (AvgIpc) is 2.66. The van der Waals surface area contributed by atoms with Crippen molar-refractivity contribution in [2.24, 2.45) is 0 Å². The first-order chi connectivity index (χ1) is 12.9. The topological polar surface area (TPSA) is 86.7 Å². The Kier molecular flexibility index (Phi) is 6.63. The zero-order valence-corrected chi connectivity index (χ0v) is 19.0. The first-order valence-corrected chi connectivity index (χ1v) is 11.4. The minimum Gasteiger partial charge on any atom is -0.289 e. The summed E-state index contributed by atoms with van der Waals surface area (Å²) >= 11 is 0. The molecule has 28 heavy (non-hydrogen) atoms. The minimum atomic E-state index is -3.86. The van der Waals surface area contributed by atoms with Gasteiger partial charge in [0, 0.05) is 13.1 Å². The van der Waals surface area contributed by atoms with Gasteiger partial charge in [-0.1, -0.05) is 6.92 Å². The van der Waals surface area contributed by atoms with Gasteiger partial charge in [-0.3, -0.25) is 10.0 Å². The van der Waals surface area contributed by atoms with Crippen LogP contribution in [-0.4, -0.2) is 41.7 Å². The zero-order chi connectivity index (χ0) is 21.4. The van der Waals surface area contributed by atoms with Crippen LogP contribution in [0.15, 0.2) is 0 Å². The van der Waals surface area contributed by atoms with E-state index in [1.807, 2.05) is 0 Å². The van der Waals surface area contributed by atoms with Crippen molar-refractivity contribution in [2.75, 3.05) is 13.1 Å². The van der Waals surface area contributed by atoms with E-state index in [1.165, 1.54) is 57.0 Å². The van der Waals surface area contributed by atoms with E-state index in [1.54, 1.807) is 0 Å². The van der Waals surface area contributed by atoms with Gasteiger partial charge in [0.05, 0.1) is 0 Å². The number of carbonyl (C=O) groups excluding carboxylic acids is 1. The molecule has 0 bridgehead atoms. The van der Waals surface area contributed by atoms with Gasteiger partial charge in [0.2, 0.25) is 10.0 Å². The third-order valence-corrected chi connectivity index (χ3v) is 9.21. The number of rotatable bonds is 5. The molecule has 1 saturated heterocycles. The number of carbonyl (C=O) groups is 1. The number of nitrogens with zero attached hydrogens (tertiary/aromatic N) is 1. The monoisotopic (exact) mass is 410 g/mol. The van der Waals surface area contributed by atoms with Crippen molar-refractivity contribution in [3.05, 3.63) is 33.4 Å². The summed E-state index contributed by atoms with van der Waals surface area (Å²) in [7, 11) is -3.86. The molecule has 0 radical (unpaired) electrons. The van der Waals surface area contributed by atoms with Gasteiger partial charge in [0.15, 0.2) is 4.75 Å². The lowest BCUT2D eigenvalue weighted by Gasteiger charge is -2.37. The van der Waals surface area contributed by atoms with Crippen LogP contribution in [-0.2, 0) is 21.2 Å². The van der Waals surface area contributed by atoms with Crippen LogP contribution in [0, 0.1) is 27.7 Å². The summed E-state index contributed by atoms with van der Waals surface area (Å²) in [4.78, 5) is 11.9. The predicted molar refractivity (Wildman–Crippen MR) is 111 cm³/mol. The normalized spacial score (nSPS) is 17.0. The highest BCUT2D eigenvalue weighted by molar-refractivity contribution is 7.91. The molecule has 2 rings (SSSR count). The quantitative estimate of drug-likeness (QED) is 0.576. The molecule has 7 heteroatoms. The second-order valence-corrected chi connectivity index (χ2v) is 10.9. The molecule has 0 aliphatic carbocycles. The number of sulfonamides is 1. The first-order valence-electron chi connectivity index (χ1n) is 9.95. The Labute approximate surface area is 169 Å². The first kappa shape index (κ1) is 22.8. The summed E-state index contributed by atoms with van der Waals surface area (Å²) in [5.41, 5.74) is 9.58. The Morgan fingerprint density at radius 3 is 1.93 bits per heavy atom. The van der Waals surface area contributed by atoms with Crippen molar-refractivity contribution in [1.29, 1.82) is 0 Å². The van der Waals surface area contributed by atoms with Gasteiger partial charge in [0.25, 0.3) is 5.91 Å². The largest absolute Gasteiger partial charge is 0.289 e. The lowest BCUT2D eigenvalue weighted by Crippen LogP contribution is -2.54. The van der Waals surface area contributed by atoms with Crippen LogP contribution in [0.25, 0.3) is 0 Å². The molecule has 158 valence electrons. The number of amides is 1. The van der Waals surface area contributed by atoms with Crippen molar-refractivity contribution in [2.45, 2.75) is 78.4 Å². The summed E-state index contributed by atoms with van der Waals surface area (Å²) in [5, 5.41) is 8.90. The van der Waals surface area contributed by atoms with E-state index < -0.39 is 20.7 Å². The molecule has 0 spiro atoms. The standard InChI is InChI=1S/C21H34N2O4S/c1-8-18-13(2)15(4)19(16(5)14(18)3)17-9-11-23(12-10-17)28(26,27)21(6,7)20(24)22-25/h17,25H,8-12H2,1-7H3,(H,22,24). The summed E-state index contributed by atoms with van der Waals surface area (Å²) in [6.07, 6.45) is 2.46. The number of benzene rings is 1. The van der Waals surface area contributed by atoms with Crippen LogP contribution in [0.2, 0.25) is 0 Å². The van der Waals surface area contributed by atoms with E-state index in [2.05, 4.69) is 34.6 Å². The Morgan fingerprint density at radius 1 is 1.07 bits per heavy atom. The van der Waals surface area contributed by atoms with E-state index in [0.717, 1.165) is 19.3 Å². The fraction of sp³-hybridized carbons (Fsp3) is 0.667. The molecule has 0 saturated carbocycles. The highest BCUT2D eigenvalue weighted by Crippen LogP contribution is 2.38. The second kappa shape index (κ2) is 8.13. The van der Waals surface area contributed by atoms with Gasteiger partial charge < -0.3 is 0 Å². The fourth-order valence-corrected chi connectivity index (χ4v) is 6.14. The van der Waals surface area contributed by atoms with Gasteiger partial charge in [-0.05, 0) is 100 Å². The predicted octanol–water partition coefficient (Wildman–Crippen LogP) is 3.28. The fourth-order valence-electron chi connectivity index (χ4n) is 4.52. The van der Waals surface area contributed by atoms with E-state index in [-0.39, 0.29) is 0 Å². The molecule has 1 amide bonds. The van der Waals surface area contributed by atoms with Gasteiger partial charge in [0.1, 0.15) is 0 Å². The molecule has 1 aliphatic rings. The van der Waals surface area contributed by atoms with Crippen LogP contribution in [0.1, 0.15) is 72.9 Å². The molecular weight excluding hydrogens is 376 g/mol. The van der Waals surface area contributed by atoms with Gasteiger partial charge in [-0.2, -0.15) is 0 Å². The molecule has 0 atom stereocenters. The van der Waals surface area contributed by atoms with Crippen molar-refractivity contribution in [3.63, 3.8) is 0 Å². The highest BCUT2D eigenvalue weighted by atomic mass is 32.2. The maximum Gasteiger partial charge on any atom is 0.265 e. The Balaban J connectivity index is 2.30. The summed E-state index contributed by atoms with van der Waals surface area (Å²) in [6.45, 7) is 14.3. The number of piperidine rings is 1. The summed E-state index contributed by atoms with van der Waals surface area (Å²) in [5.74, 6) is -0.604. The third-order valence-electron chi connectivity index (χ3n) is 6.69. The van der Waals surface area contributed by atoms with Crippen LogP contribution in [0.3, 0.4) is 0 Å². The molecule has 1 heterocycles. The molecule has 1 aromatic rings. The Morgan fingerprint density at radius 2 is 1.54 bits per heavy atom. The van der Waals surface area contributed by atoms with Crippen molar-refractivity contribution >= 4 is 15.9 Å². The van der Waals surface area contributed by atoms with Crippen molar-refractivity contribution in [1.82, 2.24) is 9.79 Å². The maximum atomic E-state index is 12.9. The molecule has 1 fully saturated rings. The molecule has 2 N–H and O–H groups in total. The minimum absolute atomic E-state index is 0.310. The van der Waals surface area contributed by atoms with Gasteiger partial charge >= 0.3 is 0 Å². The third kappa shape index (κ3) is 3.60. The molecule has 1 aromatic carbocycles. The van der Waals surface area contributed by atoms with Crippen molar-refractivity contribution in [3.8, 4) is 0 Å². The molecule has 6 nitrogen and oxygen atoms in total. The number of hydrogen-bond acceptors (Lipinski definition) is 4. The number of nitrogens with one attached hydrogen (secondary N) is 1. The summed E-state index contributed by atoms with van der Waals surface area (Å²) < 4.78 is 25.5. The Hall–Kier alpha value is -1.44. The lowest BCUT2D eigenvalue weighted by atomic mass is 9.79. The number of hydroxylamine groups is 1. The van der Waals surface area contributed by atoms with Crippen LogP contribution >= 0.6 is 0 Å². The average molecular weight is 411 g/mol. The smallest absolute Gasteiger partial charge is 0.265 e. The molecule has 1 aliphatic heterocycles. The molecule has 0 unspecified atom stereocenters. The summed E-state index contributed by atoms with van der Waals surface area (Å²) in [6, 6.07) is 0. The lowest BCUT2D eigenvalue weighted by molar-refractivity contribution is -0.131. The van der Waals surface area contributed by atoms with Gasteiger partial charge in [-0.15, -0.1) is 0 Å². The van der Waals surface area contributed by atoms with E-state index in [0.29, 0.717) is 19.0 Å². The van der Waals surface area contributed by atoms with E-state index in [9.17, 15) is 13.2 Å².